The molecule has 1 fully saturated rings. The molecule has 0 spiro atoms. The van der Waals surface area contributed by atoms with Gasteiger partial charge >= 0.3 is 0 Å². The van der Waals surface area contributed by atoms with Crippen LogP contribution < -0.4 is 5.32 Å². The van der Waals surface area contributed by atoms with Gasteiger partial charge < -0.3 is 19.5 Å². The average Bonchev–Trinajstić information content (AvgIpc) is 2.85. The van der Waals surface area contributed by atoms with Gasteiger partial charge in [0.15, 0.2) is 0 Å². The smallest absolute Gasteiger partial charge is 0.0701 e. The van der Waals surface area contributed by atoms with Crippen LogP contribution in [0, 0.1) is 0 Å². The van der Waals surface area contributed by atoms with Crippen LogP contribution in [0.2, 0.25) is 0 Å². The van der Waals surface area contributed by atoms with Gasteiger partial charge in [0.2, 0.25) is 0 Å². The van der Waals surface area contributed by atoms with Gasteiger partial charge in [-0.2, -0.15) is 11.8 Å². The predicted molar refractivity (Wildman–Crippen MR) is 71.9 cm³/mol. The molecule has 1 aliphatic rings. The second-order valence-electron chi connectivity index (χ2n) is 4.06. The summed E-state index contributed by atoms with van der Waals surface area (Å²) in [4.78, 5) is 0. The number of hydrogen-bond donors (Lipinski definition) is 1. The van der Waals surface area contributed by atoms with E-state index in [9.17, 15) is 0 Å². The molecule has 1 rings (SSSR count). The van der Waals surface area contributed by atoms with E-state index >= 15 is 0 Å². The molecule has 1 atom stereocenters. The number of rotatable bonds is 11. The van der Waals surface area contributed by atoms with E-state index in [1.165, 1.54) is 18.6 Å². The molecule has 1 unspecified atom stereocenters. The highest BCUT2D eigenvalue weighted by molar-refractivity contribution is 8.00. The molecule has 0 bridgehead atoms. The lowest BCUT2D eigenvalue weighted by Gasteiger charge is -2.10. The molecule has 1 N–H and O–H groups in total. The minimum atomic E-state index is 0.650. The van der Waals surface area contributed by atoms with Gasteiger partial charge in [-0.05, 0) is 18.6 Å². The lowest BCUT2D eigenvalue weighted by Crippen LogP contribution is -2.27. The number of ether oxygens (including phenoxy) is 3. The molecule has 1 aliphatic heterocycles. The summed E-state index contributed by atoms with van der Waals surface area (Å²) in [7, 11) is 1.67. The van der Waals surface area contributed by atoms with Gasteiger partial charge in [-0.25, -0.2) is 0 Å². The first-order valence-electron chi connectivity index (χ1n) is 6.40. The SMILES string of the molecule is COCCOCCOCCNCC1CCCS1. The minimum Gasteiger partial charge on any atom is -0.382 e. The number of hydrogen-bond acceptors (Lipinski definition) is 5. The van der Waals surface area contributed by atoms with E-state index in [4.69, 9.17) is 14.2 Å². The van der Waals surface area contributed by atoms with Crippen LogP contribution in [0.5, 0.6) is 0 Å². The van der Waals surface area contributed by atoms with Crippen molar-refractivity contribution < 1.29 is 14.2 Å². The Hall–Kier alpha value is 0.190. The first kappa shape index (κ1) is 15.2. The van der Waals surface area contributed by atoms with E-state index in [1.807, 2.05) is 0 Å². The number of thioether (sulfide) groups is 1. The van der Waals surface area contributed by atoms with E-state index in [-0.39, 0.29) is 0 Å². The zero-order chi connectivity index (χ0) is 12.2. The maximum absolute atomic E-state index is 5.44. The maximum Gasteiger partial charge on any atom is 0.0701 e. The van der Waals surface area contributed by atoms with Crippen molar-refractivity contribution in [2.24, 2.45) is 0 Å². The number of methoxy groups -OCH3 is 1. The monoisotopic (exact) mass is 263 g/mol. The Kier molecular flexibility index (Phi) is 10.1. The zero-order valence-electron chi connectivity index (χ0n) is 10.8. The summed E-state index contributed by atoms with van der Waals surface area (Å²) in [6.07, 6.45) is 2.75. The highest BCUT2D eigenvalue weighted by Crippen LogP contribution is 2.24. The van der Waals surface area contributed by atoms with Crippen LogP contribution in [0.4, 0.5) is 0 Å². The molecule has 102 valence electrons. The van der Waals surface area contributed by atoms with Gasteiger partial charge in [-0.15, -0.1) is 0 Å². The van der Waals surface area contributed by atoms with Crippen LogP contribution in [0.25, 0.3) is 0 Å². The van der Waals surface area contributed by atoms with Crippen molar-refractivity contribution in [2.75, 3.05) is 59.0 Å². The fourth-order valence-electron chi connectivity index (χ4n) is 1.68. The molecule has 0 aromatic heterocycles. The minimum absolute atomic E-state index is 0.650. The van der Waals surface area contributed by atoms with E-state index in [0.29, 0.717) is 26.4 Å². The second-order valence-corrected chi connectivity index (χ2v) is 5.46. The second kappa shape index (κ2) is 11.3. The third kappa shape index (κ3) is 8.85. The normalized spacial score (nSPS) is 19.9. The molecule has 1 saturated heterocycles. The molecular formula is C12H25NO3S. The third-order valence-electron chi connectivity index (χ3n) is 2.62. The quantitative estimate of drug-likeness (QED) is 0.566. The van der Waals surface area contributed by atoms with Gasteiger partial charge in [-0.3, -0.25) is 0 Å². The Morgan fingerprint density at radius 3 is 2.59 bits per heavy atom. The lowest BCUT2D eigenvalue weighted by atomic mass is 10.2. The summed E-state index contributed by atoms with van der Waals surface area (Å²) in [5.74, 6) is 1.33. The van der Waals surface area contributed by atoms with Crippen LogP contribution in [-0.4, -0.2) is 64.2 Å². The van der Waals surface area contributed by atoms with E-state index < -0.39 is 0 Å². The summed E-state index contributed by atoms with van der Waals surface area (Å²) < 4.78 is 15.6. The largest absolute Gasteiger partial charge is 0.382 e. The topological polar surface area (TPSA) is 39.7 Å². The molecular weight excluding hydrogens is 238 g/mol. The third-order valence-corrected chi connectivity index (χ3v) is 4.02. The van der Waals surface area contributed by atoms with Crippen molar-refractivity contribution in [3.8, 4) is 0 Å². The van der Waals surface area contributed by atoms with Crippen molar-refractivity contribution in [3.63, 3.8) is 0 Å². The summed E-state index contributed by atoms with van der Waals surface area (Å²) >= 11 is 2.09. The Morgan fingerprint density at radius 2 is 1.88 bits per heavy atom. The highest BCUT2D eigenvalue weighted by Gasteiger charge is 2.14. The molecule has 0 radical (unpaired) electrons. The maximum atomic E-state index is 5.44. The number of nitrogens with one attached hydrogen (secondary N) is 1. The molecule has 0 aliphatic carbocycles. The molecule has 1 heterocycles. The Labute approximate surface area is 109 Å². The van der Waals surface area contributed by atoms with Gasteiger partial charge in [-0.1, -0.05) is 0 Å². The molecule has 0 amide bonds. The van der Waals surface area contributed by atoms with Crippen LogP contribution in [0.3, 0.4) is 0 Å². The first-order valence-corrected chi connectivity index (χ1v) is 7.45. The van der Waals surface area contributed by atoms with Gasteiger partial charge in [0.05, 0.1) is 33.0 Å². The summed E-state index contributed by atoms with van der Waals surface area (Å²) in [6, 6.07) is 0. The molecule has 17 heavy (non-hydrogen) atoms. The van der Waals surface area contributed by atoms with Gasteiger partial charge in [0, 0.05) is 25.4 Å². The molecule has 0 aromatic rings. The highest BCUT2D eigenvalue weighted by atomic mass is 32.2. The van der Waals surface area contributed by atoms with Crippen molar-refractivity contribution in [2.45, 2.75) is 18.1 Å². The Morgan fingerprint density at radius 1 is 1.12 bits per heavy atom. The van der Waals surface area contributed by atoms with Gasteiger partial charge in [0.1, 0.15) is 0 Å². The molecule has 5 heteroatoms. The fourth-order valence-corrected chi connectivity index (χ4v) is 2.91. The Balaban J connectivity index is 1.69. The van der Waals surface area contributed by atoms with E-state index in [1.54, 1.807) is 7.11 Å². The molecule has 4 nitrogen and oxygen atoms in total. The molecule has 0 saturated carbocycles. The lowest BCUT2D eigenvalue weighted by molar-refractivity contribution is 0.0256. The van der Waals surface area contributed by atoms with Gasteiger partial charge in [0.25, 0.3) is 0 Å². The van der Waals surface area contributed by atoms with Crippen LogP contribution in [0.15, 0.2) is 0 Å². The van der Waals surface area contributed by atoms with E-state index in [0.717, 1.165) is 24.9 Å². The average molecular weight is 263 g/mol. The van der Waals surface area contributed by atoms with Crippen LogP contribution in [0.1, 0.15) is 12.8 Å². The fraction of sp³-hybridized carbons (Fsp3) is 1.00. The van der Waals surface area contributed by atoms with Crippen molar-refractivity contribution >= 4 is 11.8 Å². The standard InChI is InChI=1S/C12H25NO3S/c1-14-6-7-16-9-8-15-5-4-13-11-12-3-2-10-17-12/h12-13H,2-11H2,1H3. The molecule has 0 aromatic carbocycles. The van der Waals surface area contributed by atoms with Crippen molar-refractivity contribution in [3.05, 3.63) is 0 Å². The van der Waals surface area contributed by atoms with Crippen molar-refractivity contribution in [1.82, 2.24) is 5.32 Å². The summed E-state index contributed by atoms with van der Waals surface area (Å²) in [5, 5.41) is 4.26. The van der Waals surface area contributed by atoms with Crippen LogP contribution in [-0.2, 0) is 14.2 Å². The summed E-state index contributed by atoms with van der Waals surface area (Å²) in [5.41, 5.74) is 0. The van der Waals surface area contributed by atoms with E-state index in [2.05, 4.69) is 17.1 Å². The first-order chi connectivity index (χ1) is 8.43. The summed E-state index contributed by atoms with van der Waals surface area (Å²) in [6.45, 7) is 5.46. The zero-order valence-corrected chi connectivity index (χ0v) is 11.6. The predicted octanol–water partition coefficient (Wildman–Crippen LogP) is 1.15. The Bertz CT molecular complexity index is 166. The van der Waals surface area contributed by atoms with Crippen molar-refractivity contribution in [1.29, 1.82) is 0 Å². The van der Waals surface area contributed by atoms with Crippen LogP contribution >= 0.6 is 11.8 Å².